The van der Waals surface area contributed by atoms with Gasteiger partial charge in [-0.05, 0) is 98.5 Å². The van der Waals surface area contributed by atoms with Gasteiger partial charge in [0.2, 0.25) is 5.91 Å². The molecule has 0 bridgehead atoms. The molecule has 37 heavy (non-hydrogen) atoms. The zero-order chi connectivity index (χ0) is 25.4. The predicted molar refractivity (Wildman–Crippen MR) is 146 cm³/mol. The third-order valence-corrected chi connectivity index (χ3v) is 7.27. The molecular weight excluding hydrogens is 464 g/mol. The van der Waals surface area contributed by atoms with Crippen molar-refractivity contribution in [3.8, 4) is 5.69 Å². The maximum absolute atomic E-state index is 12.8. The fourth-order valence-corrected chi connectivity index (χ4v) is 4.89. The summed E-state index contributed by atoms with van der Waals surface area (Å²) in [4.78, 5) is 27.2. The number of hydrogen-bond donors (Lipinski definition) is 3. The number of anilines is 3. The number of benzene rings is 3. The van der Waals surface area contributed by atoms with Crippen LogP contribution in [0.4, 0.5) is 17.1 Å². The Kier molecular flexibility index (Phi) is 6.14. The number of carbonyl (C=O) groups is 2. The van der Waals surface area contributed by atoms with Crippen LogP contribution >= 0.6 is 0 Å². The molecular formula is C30H30N4O3. The number of nitrogens with zero attached hydrogens (tertiary/aromatic N) is 2. The summed E-state index contributed by atoms with van der Waals surface area (Å²) in [6.45, 7) is 1.68. The maximum Gasteiger partial charge on any atom is 0.255 e. The Labute approximate surface area is 215 Å². The molecule has 6 rings (SSSR count). The average Bonchev–Trinajstić information content (AvgIpc) is 3.69. The van der Waals surface area contributed by atoms with Gasteiger partial charge >= 0.3 is 0 Å². The molecule has 2 fully saturated rings. The highest BCUT2D eigenvalue weighted by Gasteiger charge is 2.29. The van der Waals surface area contributed by atoms with E-state index in [9.17, 15) is 14.7 Å². The van der Waals surface area contributed by atoms with Crippen molar-refractivity contribution < 1.29 is 14.7 Å². The summed E-state index contributed by atoms with van der Waals surface area (Å²) in [6.07, 6.45) is 5.33. The second kappa shape index (κ2) is 9.75. The first-order valence-electron chi connectivity index (χ1n) is 12.9. The fourth-order valence-electron chi connectivity index (χ4n) is 4.89. The first-order chi connectivity index (χ1) is 18.0. The van der Waals surface area contributed by atoms with Crippen LogP contribution in [0.2, 0.25) is 0 Å². The molecule has 1 aliphatic heterocycles. The lowest BCUT2D eigenvalue weighted by Gasteiger charge is -2.31. The Morgan fingerprint density at radius 1 is 0.757 bits per heavy atom. The Hall–Kier alpha value is -4.10. The quantitative estimate of drug-likeness (QED) is 0.344. The van der Waals surface area contributed by atoms with E-state index in [1.165, 1.54) is 0 Å². The summed E-state index contributed by atoms with van der Waals surface area (Å²) >= 11 is 0. The minimum atomic E-state index is -0.198. The molecule has 0 spiro atoms. The Bertz CT molecular complexity index is 1430. The van der Waals surface area contributed by atoms with Crippen LogP contribution in [0.25, 0.3) is 16.6 Å². The van der Waals surface area contributed by atoms with E-state index in [2.05, 4.69) is 20.1 Å². The molecule has 2 amide bonds. The molecule has 2 heterocycles. The molecule has 0 radical (unpaired) electrons. The molecule has 2 aliphatic rings. The van der Waals surface area contributed by atoms with Crippen LogP contribution in [0.5, 0.6) is 0 Å². The van der Waals surface area contributed by atoms with Crippen molar-refractivity contribution in [1.82, 2.24) is 4.57 Å². The van der Waals surface area contributed by atoms with Gasteiger partial charge in [0.15, 0.2) is 0 Å². The van der Waals surface area contributed by atoms with Gasteiger partial charge in [0.25, 0.3) is 5.91 Å². The van der Waals surface area contributed by atoms with Crippen molar-refractivity contribution in [3.63, 3.8) is 0 Å². The minimum Gasteiger partial charge on any atom is -0.393 e. The van der Waals surface area contributed by atoms with E-state index < -0.39 is 0 Å². The topological polar surface area (TPSA) is 86.6 Å². The summed E-state index contributed by atoms with van der Waals surface area (Å²) in [5, 5.41) is 16.7. The van der Waals surface area contributed by atoms with Crippen molar-refractivity contribution >= 4 is 39.8 Å². The van der Waals surface area contributed by atoms with Crippen molar-refractivity contribution in [2.75, 3.05) is 28.6 Å². The van der Waals surface area contributed by atoms with Gasteiger partial charge in [0.1, 0.15) is 0 Å². The third-order valence-electron chi connectivity index (χ3n) is 7.27. The normalized spacial score (nSPS) is 16.1. The number of rotatable bonds is 6. The van der Waals surface area contributed by atoms with E-state index in [1.54, 1.807) is 0 Å². The number of aromatic nitrogens is 1. The SMILES string of the molecule is O=C(Nc1ccc(N2CCC(O)CC2)cc1)c1ccc(-n2ccc3cc(NC(=O)C4CC4)ccc32)cc1. The van der Waals surface area contributed by atoms with Crippen LogP contribution < -0.4 is 15.5 Å². The summed E-state index contributed by atoms with van der Waals surface area (Å²) in [6, 6.07) is 23.3. The number of aliphatic hydroxyl groups excluding tert-OH is 1. The van der Waals surface area contributed by atoms with Crippen LogP contribution in [0.1, 0.15) is 36.0 Å². The van der Waals surface area contributed by atoms with Gasteiger partial charge in [0.05, 0.1) is 11.6 Å². The lowest BCUT2D eigenvalue weighted by atomic mass is 10.1. The number of piperidine rings is 1. The molecule has 3 N–H and O–H groups in total. The molecule has 7 nitrogen and oxygen atoms in total. The van der Waals surface area contributed by atoms with Crippen LogP contribution in [0.3, 0.4) is 0 Å². The highest BCUT2D eigenvalue weighted by Crippen LogP contribution is 2.31. The molecule has 1 aromatic heterocycles. The van der Waals surface area contributed by atoms with Crippen LogP contribution in [0.15, 0.2) is 79.0 Å². The number of fused-ring (bicyclic) bond motifs is 1. The molecule has 1 saturated heterocycles. The van der Waals surface area contributed by atoms with E-state index in [0.717, 1.165) is 72.4 Å². The third kappa shape index (κ3) is 5.08. The smallest absolute Gasteiger partial charge is 0.255 e. The van der Waals surface area contributed by atoms with Gasteiger partial charge in [-0.2, -0.15) is 0 Å². The Morgan fingerprint density at radius 2 is 1.43 bits per heavy atom. The van der Waals surface area contributed by atoms with E-state index in [-0.39, 0.29) is 23.8 Å². The number of carbonyl (C=O) groups excluding carboxylic acids is 2. The zero-order valence-corrected chi connectivity index (χ0v) is 20.6. The lowest BCUT2D eigenvalue weighted by Crippen LogP contribution is -2.35. The van der Waals surface area contributed by atoms with Gasteiger partial charge in [-0.15, -0.1) is 0 Å². The molecule has 7 heteroatoms. The van der Waals surface area contributed by atoms with E-state index in [1.807, 2.05) is 79.0 Å². The highest BCUT2D eigenvalue weighted by molar-refractivity contribution is 6.04. The van der Waals surface area contributed by atoms with Crippen LogP contribution in [-0.2, 0) is 4.79 Å². The van der Waals surface area contributed by atoms with E-state index in [4.69, 9.17) is 0 Å². The van der Waals surface area contributed by atoms with E-state index >= 15 is 0 Å². The average molecular weight is 495 g/mol. The van der Waals surface area contributed by atoms with Gasteiger partial charge in [-0.25, -0.2) is 0 Å². The number of nitrogens with one attached hydrogen (secondary N) is 2. The Morgan fingerprint density at radius 3 is 2.14 bits per heavy atom. The van der Waals surface area contributed by atoms with Gasteiger partial charge in [0, 0.05) is 58.9 Å². The molecule has 0 atom stereocenters. The molecule has 1 saturated carbocycles. The first-order valence-corrected chi connectivity index (χ1v) is 12.9. The monoisotopic (exact) mass is 494 g/mol. The van der Waals surface area contributed by atoms with Gasteiger partial charge in [-0.1, -0.05) is 0 Å². The van der Waals surface area contributed by atoms with Crippen LogP contribution in [-0.4, -0.2) is 40.7 Å². The molecule has 1 aliphatic carbocycles. The van der Waals surface area contributed by atoms with Gasteiger partial charge in [-0.3, -0.25) is 9.59 Å². The van der Waals surface area contributed by atoms with Crippen molar-refractivity contribution in [1.29, 1.82) is 0 Å². The molecule has 188 valence electrons. The lowest BCUT2D eigenvalue weighted by molar-refractivity contribution is -0.117. The first kappa shape index (κ1) is 23.3. The standard InChI is InChI=1S/C30H30N4O3/c35-27-14-16-33(17-15-27)25-10-5-23(6-11-25)31-29(36)21-3-8-26(9-4-21)34-18-13-22-19-24(7-12-28(22)34)32-30(37)20-1-2-20/h3-13,18-20,27,35H,1-2,14-17H2,(H,31,36)(H,32,37). The number of aliphatic hydroxyl groups is 1. The summed E-state index contributed by atoms with van der Waals surface area (Å²) < 4.78 is 2.07. The second-order valence-corrected chi connectivity index (χ2v) is 9.99. The second-order valence-electron chi connectivity index (χ2n) is 9.99. The predicted octanol–water partition coefficient (Wildman–Crippen LogP) is 5.19. The summed E-state index contributed by atoms with van der Waals surface area (Å²) in [5.41, 5.74) is 5.24. The minimum absolute atomic E-state index is 0.103. The summed E-state index contributed by atoms with van der Waals surface area (Å²) in [7, 11) is 0. The van der Waals surface area contributed by atoms with Gasteiger partial charge < -0.3 is 25.2 Å². The molecule has 3 aromatic carbocycles. The maximum atomic E-state index is 12.8. The van der Waals surface area contributed by atoms with Crippen molar-refractivity contribution in [2.45, 2.75) is 31.8 Å². The van der Waals surface area contributed by atoms with Crippen LogP contribution in [0, 0.1) is 5.92 Å². The fraction of sp³-hybridized carbons (Fsp3) is 0.267. The molecule has 4 aromatic rings. The number of hydrogen-bond acceptors (Lipinski definition) is 4. The zero-order valence-electron chi connectivity index (χ0n) is 20.6. The van der Waals surface area contributed by atoms with Crippen molar-refractivity contribution in [3.05, 3.63) is 84.6 Å². The number of amides is 2. The summed E-state index contributed by atoms with van der Waals surface area (Å²) in [5.74, 6) is 0.117. The largest absolute Gasteiger partial charge is 0.393 e. The Balaban J connectivity index is 1.11. The highest BCUT2D eigenvalue weighted by atomic mass is 16.3. The van der Waals surface area contributed by atoms with Crippen molar-refractivity contribution in [2.24, 2.45) is 5.92 Å². The van der Waals surface area contributed by atoms with E-state index in [0.29, 0.717) is 5.56 Å². The molecule has 0 unspecified atom stereocenters.